The fourth-order valence-electron chi connectivity index (χ4n) is 3.75. The Bertz CT molecular complexity index is 1340. The number of nitrogen functional groups attached to an aromatic ring is 1. The van der Waals surface area contributed by atoms with E-state index in [-0.39, 0.29) is 23.5 Å². The van der Waals surface area contributed by atoms with E-state index in [1.165, 1.54) is 34.8 Å². The summed E-state index contributed by atoms with van der Waals surface area (Å²) in [6.07, 6.45) is 0.267. The zero-order chi connectivity index (χ0) is 24.4. The fraction of sp³-hybridized carbons (Fsp3) is 0.208. The van der Waals surface area contributed by atoms with Crippen molar-refractivity contribution in [2.75, 3.05) is 12.4 Å². The van der Waals surface area contributed by atoms with Gasteiger partial charge in [-0.25, -0.2) is 17.7 Å². The Hall–Kier alpha value is -3.92. The summed E-state index contributed by atoms with van der Waals surface area (Å²) in [7, 11) is 0. The predicted octanol–water partition coefficient (Wildman–Crippen LogP) is 3.76. The van der Waals surface area contributed by atoms with Gasteiger partial charge in [-0.1, -0.05) is 24.3 Å². The molecule has 0 spiro atoms. The Morgan fingerprint density at radius 2 is 1.91 bits per heavy atom. The van der Waals surface area contributed by atoms with Crippen molar-refractivity contribution in [2.45, 2.75) is 25.5 Å². The maximum Gasteiger partial charge on any atom is 0.254 e. The maximum atomic E-state index is 15.5. The van der Waals surface area contributed by atoms with Crippen LogP contribution in [0.2, 0.25) is 0 Å². The van der Waals surface area contributed by atoms with Gasteiger partial charge < -0.3 is 16.2 Å². The van der Waals surface area contributed by atoms with Crippen LogP contribution in [-0.2, 0) is 0 Å². The Morgan fingerprint density at radius 3 is 2.62 bits per heavy atom. The Morgan fingerprint density at radius 1 is 1.18 bits per heavy atom. The second-order valence-electron chi connectivity index (χ2n) is 7.93. The second kappa shape index (κ2) is 9.52. The molecule has 34 heavy (non-hydrogen) atoms. The SMILES string of the molecule is Cc1ccc(-c2ccn3nc(N)nc3c2)c(F)c1C(=O)N[C@H](CF)C[C@@H](O)c1ccc(F)cc1. The number of nitrogens with two attached hydrogens (primary N) is 1. The number of rotatable bonds is 7. The number of nitrogens with zero attached hydrogens (tertiary/aromatic N) is 3. The number of aliphatic hydroxyl groups is 1. The molecule has 2 atom stereocenters. The van der Waals surface area contributed by atoms with E-state index in [0.29, 0.717) is 22.3 Å². The van der Waals surface area contributed by atoms with Crippen LogP contribution in [-0.4, -0.2) is 38.3 Å². The molecule has 0 aliphatic carbocycles. The number of aromatic nitrogens is 3. The van der Waals surface area contributed by atoms with E-state index < -0.39 is 36.4 Å². The highest BCUT2D eigenvalue weighted by Crippen LogP contribution is 2.28. The van der Waals surface area contributed by atoms with E-state index >= 15 is 4.39 Å². The number of halogens is 3. The number of hydrogen-bond donors (Lipinski definition) is 3. The van der Waals surface area contributed by atoms with Gasteiger partial charge in [0.05, 0.1) is 17.7 Å². The number of pyridine rings is 1. The number of fused-ring (bicyclic) bond motifs is 1. The van der Waals surface area contributed by atoms with E-state index in [1.807, 2.05) is 0 Å². The molecule has 0 saturated heterocycles. The summed E-state index contributed by atoms with van der Waals surface area (Å²) in [4.78, 5) is 17.0. The minimum Gasteiger partial charge on any atom is -0.388 e. The van der Waals surface area contributed by atoms with Crippen molar-refractivity contribution in [2.24, 2.45) is 0 Å². The Labute approximate surface area is 193 Å². The summed E-state index contributed by atoms with van der Waals surface area (Å²) < 4.78 is 43.7. The van der Waals surface area contributed by atoms with Gasteiger partial charge in [0.2, 0.25) is 5.95 Å². The van der Waals surface area contributed by atoms with E-state index in [1.54, 1.807) is 31.3 Å². The molecule has 2 heterocycles. The third kappa shape index (κ3) is 4.72. The normalized spacial score (nSPS) is 13.1. The summed E-state index contributed by atoms with van der Waals surface area (Å²) in [5.74, 6) is -1.98. The van der Waals surface area contributed by atoms with E-state index in [2.05, 4.69) is 15.4 Å². The monoisotopic (exact) mass is 469 g/mol. The Kier molecular flexibility index (Phi) is 6.51. The van der Waals surface area contributed by atoms with Crippen LogP contribution in [0.4, 0.5) is 19.1 Å². The van der Waals surface area contributed by atoms with Crippen molar-refractivity contribution in [3.8, 4) is 11.1 Å². The molecular weight excluding hydrogens is 447 g/mol. The number of benzene rings is 2. The highest BCUT2D eigenvalue weighted by Gasteiger charge is 2.24. The minimum atomic E-state index is -1.14. The number of hydrogen-bond acceptors (Lipinski definition) is 5. The van der Waals surface area contributed by atoms with E-state index in [9.17, 15) is 18.7 Å². The molecule has 0 saturated carbocycles. The number of carbonyl (C=O) groups is 1. The molecule has 7 nitrogen and oxygen atoms in total. The van der Waals surface area contributed by atoms with Gasteiger partial charge in [-0.3, -0.25) is 4.79 Å². The zero-order valence-corrected chi connectivity index (χ0v) is 18.2. The molecule has 0 aliphatic rings. The molecule has 10 heteroatoms. The van der Waals surface area contributed by atoms with Crippen molar-refractivity contribution in [1.29, 1.82) is 0 Å². The molecule has 2 aromatic carbocycles. The summed E-state index contributed by atoms with van der Waals surface area (Å²) in [6, 6.07) is 10.4. The molecule has 4 aromatic rings. The molecule has 4 rings (SSSR count). The first-order valence-corrected chi connectivity index (χ1v) is 10.5. The number of anilines is 1. The topological polar surface area (TPSA) is 106 Å². The zero-order valence-electron chi connectivity index (χ0n) is 18.2. The quantitative estimate of drug-likeness (QED) is 0.382. The molecule has 176 valence electrons. The minimum absolute atomic E-state index is 0.0710. The average molecular weight is 469 g/mol. The first kappa shape index (κ1) is 23.2. The molecule has 0 unspecified atom stereocenters. The fourth-order valence-corrected chi connectivity index (χ4v) is 3.75. The van der Waals surface area contributed by atoms with Crippen LogP contribution < -0.4 is 11.1 Å². The van der Waals surface area contributed by atoms with Crippen molar-refractivity contribution >= 4 is 17.5 Å². The number of carbonyl (C=O) groups excluding carboxylic acids is 1. The first-order valence-electron chi connectivity index (χ1n) is 10.5. The number of amides is 1. The van der Waals surface area contributed by atoms with Gasteiger partial charge in [0.15, 0.2) is 5.65 Å². The van der Waals surface area contributed by atoms with Crippen LogP contribution in [0.15, 0.2) is 54.7 Å². The third-order valence-corrected chi connectivity index (χ3v) is 5.53. The van der Waals surface area contributed by atoms with Crippen molar-refractivity contribution in [3.63, 3.8) is 0 Å². The molecular formula is C24H22F3N5O2. The summed E-state index contributed by atoms with van der Waals surface area (Å²) >= 11 is 0. The van der Waals surface area contributed by atoms with Crippen LogP contribution in [0.5, 0.6) is 0 Å². The number of aliphatic hydroxyl groups excluding tert-OH is 1. The highest BCUT2D eigenvalue weighted by atomic mass is 19.1. The van der Waals surface area contributed by atoms with Crippen molar-refractivity contribution < 1.29 is 23.1 Å². The van der Waals surface area contributed by atoms with E-state index in [4.69, 9.17) is 5.73 Å². The van der Waals surface area contributed by atoms with Crippen molar-refractivity contribution in [1.82, 2.24) is 19.9 Å². The lowest BCUT2D eigenvalue weighted by Crippen LogP contribution is -2.38. The van der Waals surface area contributed by atoms with Crippen molar-refractivity contribution in [3.05, 3.63) is 83.1 Å². The van der Waals surface area contributed by atoms with Crippen LogP contribution >= 0.6 is 0 Å². The van der Waals surface area contributed by atoms with Crippen LogP contribution in [0, 0.1) is 18.6 Å². The van der Waals surface area contributed by atoms with Gasteiger partial charge in [-0.2, -0.15) is 4.98 Å². The summed E-state index contributed by atoms with van der Waals surface area (Å²) in [5.41, 5.74) is 7.13. The average Bonchev–Trinajstić information content (AvgIpc) is 3.18. The molecule has 0 aliphatic heterocycles. The number of aryl methyl sites for hydroxylation is 1. The molecule has 1 amide bonds. The van der Waals surface area contributed by atoms with E-state index in [0.717, 1.165) is 0 Å². The Balaban J connectivity index is 1.57. The third-order valence-electron chi connectivity index (χ3n) is 5.53. The van der Waals surface area contributed by atoms with Gasteiger partial charge in [0, 0.05) is 18.2 Å². The number of alkyl halides is 1. The van der Waals surface area contributed by atoms with Gasteiger partial charge in [0.25, 0.3) is 5.91 Å². The van der Waals surface area contributed by atoms with Crippen LogP contribution in [0.3, 0.4) is 0 Å². The van der Waals surface area contributed by atoms with Crippen LogP contribution in [0.1, 0.15) is 34.0 Å². The molecule has 2 aromatic heterocycles. The van der Waals surface area contributed by atoms with Gasteiger partial charge in [-0.15, -0.1) is 5.10 Å². The van der Waals surface area contributed by atoms with Gasteiger partial charge in [0.1, 0.15) is 18.3 Å². The lowest BCUT2D eigenvalue weighted by atomic mass is 9.98. The standard InChI is InChI=1S/C24H22F3N5O2/c1-13-2-7-18(15-8-9-32-20(10-15)30-24(28)31-32)22(27)21(13)23(34)29-17(12-25)11-19(33)14-3-5-16(26)6-4-14/h2-10,17,19,33H,11-12H2,1H3,(H2,28,31)(H,29,34)/t17-,19+/m0/s1. The summed E-state index contributed by atoms with van der Waals surface area (Å²) in [5, 5.41) is 16.8. The predicted molar refractivity (Wildman–Crippen MR) is 121 cm³/mol. The largest absolute Gasteiger partial charge is 0.388 e. The molecule has 0 radical (unpaired) electrons. The van der Waals surface area contributed by atoms with Crippen LogP contribution in [0.25, 0.3) is 16.8 Å². The molecule has 0 fully saturated rings. The van der Waals surface area contributed by atoms with Gasteiger partial charge >= 0.3 is 0 Å². The summed E-state index contributed by atoms with van der Waals surface area (Å²) in [6.45, 7) is 0.595. The molecule has 0 bridgehead atoms. The number of nitrogens with one attached hydrogen (secondary N) is 1. The lowest BCUT2D eigenvalue weighted by Gasteiger charge is -2.20. The van der Waals surface area contributed by atoms with Gasteiger partial charge in [-0.05, 0) is 47.9 Å². The maximum absolute atomic E-state index is 15.5. The smallest absolute Gasteiger partial charge is 0.254 e. The highest BCUT2D eigenvalue weighted by molar-refractivity contribution is 5.97. The molecule has 4 N–H and O–H groups in total. The lowest BCUT2D eigenvalue weighted by molar-refractivity contribution is 0.0891. The first-order chi connectivity index (χ1) is 16.3. The second-order valence-corrected chi connectivity index (χ2v) is 7.93.